The van der Waals surface area contributed by atoms with E-state index < -0.39 is 29.9 Å². The second kappa shape index (κ2) is 8.46. The van der Waals surface area contributed by atoms with Crippen molar-refractivity contribution in [2.45, 2.75) is 63.7 Å². The number of likely N-dealkylation sites (tertiary alicyclic amines) is 1. The van der Waals surface area contributed by atoms with Gasteiger partial charge >= 0.3 is 6.03 Å². The highest BCUT2D eigenvalue weighted by atomic mass is 19.1. The minimum Gasteiger partial charge on any atom is -0.363 e. The fourth-order valence-corrected chi connectivity index (χ4v) is 5.76. The lowest BCUT2D eigenvalue weighted by Gasteiger charge is -2.43. The lowest BCUT2D eigenvalue weighted by Crippen LogP contribution is -2.66. The molecule has 4 aliphatic rings. The number of hydrogen-bond donors (Lipinski definition) is 0. The molecule has 5 rings (SSSR count). The fourth-order valence-electron chi connectivity index (χ4n) is 5.76. The van der Waals surface area contributed by atoms with Crippen LogP contribution in [0.25, 0.3) is 0 Å². The molecule has 0 radical (unpaired) electrons. The van der Waals surface area contributed by atoms with Gasteiger partial charge in [-0.1, -0.05) is 19.8 Å². The van der Waals surface area contributed by atoms with Crippen LogP contribution in [0.5, 0.6) is 0 Å². The first kappa shape index (κ1) is 21.4. The predicted octanol–water partition coefficient (Wildman–Crippen LogP) is 3.18. The molecule has 7 nitrogen and oxygen atoms in total. The zero-order chi connectivity index (χ0) is 22.4. The van der Waals surface area contributed by atoms with Gasteiger partial charge in [-0.15, -0.1) is 0 Å². The molecule has 0 aromatic heterocycles. The SMILES string of the molecule is CC1CCN(C(=O)CN2C(=O)N(c3ccc(F)cc3)C(=O)C3OC4CCCCC4C32)CC1. The van der Waals surface area contributed by atoms with Gasteiger partial charge in [0.05, 0.1) is 17.8 Å². The number of hydrogen-bond acceptors (Lipinski definition) is 4. The van der Waals surface area contributed by atoms with Crippen molar-refractivity contribution < 1.29 is 23.5 Å². The van der Waals surface area contributed by atoms with Crippen LogP contribution in [0.1, 0.15) is 45.4 Å². The number of fused-ring (bicyclic) bond motifs is 3. The van der Waals surface area contributed by atoms with E-state index in [4.69, 9.17) is 4.74 Å². The fraction of sp³-hybridized carbons (Fsp3) is 0.625. The summed E-state index contributed by atoms with van der Waals surface area (Å²) in [4.78, 5) is 44.6. The van der Waals surface area contributed by atoms with Gasteiger partial charge in [-0.05, 0) is 55.9 Å². The van der Waals surface area contributed by atoms with Crippen molar-refractivity contribution in [3.63, 3.8) is 0 Å². The highest BCUT2D eigenvalue weighted by Gasteiger charge is 2.58. The number of ether oxygens (including phenoxy) is 1. The van der Waals surface area contributed by atoms with Crippen LogP contribution in [0.15, 0.2) is 24.3 Å². The molecule has 4 amide bonds. The third-order valence-electron chi connectivity index (χ3n) is 7.61. The maximum atomic E-state index is 13.6. The molecular formula is C24H30FN3O4. The molecule has 3 heterocycles. The summed E-state index contributed by atoms with van der Waals surface area (Å²) < 4.78 is 19.7. The van der Waals surface area contributed by atoms with E-state index in [2.05, 4.69) is 6.92 Å². The third-order valence-corrected chi connectivity index (χ3v) is 7.61. The Hall–Kier alpha value is -2.48. The number of rotatable bonds is 3. The standard InChI is InChI=1S/C24H30FN3O4/c1-15-10-12-26(13-11-15)20(29)14-27-21-18-4-2-3-5-19(18)32-22(21)23(30)28(24(27)31)17-8-6-16(25)7-9-17/h6-9,15,18-19,21-22H,2-5,10-14H2,1H3. The Kier molecular flexibility index (Phi) is 5.65. The summed E-state index contributed by atoms with van der Waals surface area (Å²) in [6.07, 6.45) is 4.87. The van der Waals surface area contributed by atoms with E-state index in [1.165, 1.54) is 24.3 Å². The molecule has 1 aliphatic carbocycles. The average Bonchev–Trinajstić information content (AvgIpc) is 3.18. The lowest BCUT2D eigenvalue weighted by molar-refractivity contribution is -0.138. The molecule has 172 valence electrons. The highest BCUT2D eigenvalue weighted by Crippen LogP contribution is 2.43. The molecule has 4 atom stereocenters. The quantitative estimate of drug-likeness (QED) is 0.720. The van der Waals surface area contributed by atoms with Crippen molar-refractivity contribution in [3.05, 3.63) is 30.1 Å². The highest BCUT2D eigenvalue weighted by molar-refractivity contribution is 6.18. The maximum absolute atomic E-state index is 13.6. The number of anilines is 1. The first-order valence-corrected chi connectivity index (χ1v) is 11.8. The number of carbonyl (C=O) groups is 3. The summed E-state index contributed by atoms with van der Waals surface area (Å²) in [6, 6.07) is 4.34. The molecule has 3 saturated heterocycles. The van der Waals surface area contributed by atoms with Gasteiger partial charge in [0.1, 0.15) is 12.4 Å². The number of amides is 4. The average molecular weight is 444 g/mol. The minimum atomic E-state index is -0.792. The monoisotopic (exact) mass is 443 g/mol. The molecule has 32 heavy (non-hydrogen) atoms. The van der Waals surface area contributed by atoms with E-state index in [0.29, 0.717) is 24.7 Å². The van der Waals surface area contributed by atoms with Crippen molar-refractivity contribution in [1.82, 2.24) is 9.80 Å². The number of urea groups is 1. The second-order valence-electron chi connectivity index (χ2n) is 9.66. The van der Waals surface area contributed by atoms with Crippen molar-refractivity contribution in [2.24, 2.45) is 11.8 Å². The van der Waals surface area contributed by atoms with Crippen molar-refractivity contribution in [2.75, 3.05) is 24.5 Å². The van der Waals surface area contributed by atoms with Crippen LogP contribution >= 0.6 is 0 Å². The Bertz CT molecular complexity index is 899. The Balaban J connectivity index is 1.45. The first-order valence-electron chi connectivity index (χ1n) is 11.8. The van der Waals surface area contributed by atoms with Crippen molar-refractivity contribution in [1.29, 1.82) is 0 Å². The van der Waals surface area contributed by atoms with E-state index in [9.17, 15) is 18.8 Å². The van der Waals surface area contributed by atoms with E-state index in [1.807, 2.05) is 4.90 Å². The largest absolute Gasteiger partial charge is 0.363 e. The molecule has 1 saturated carbocycles. The Labute approximate surface area is 187 Å². The number of halogens is 1. The zero-order valence-electron chi connectivity index (χ0n) is 18.4. The van der Waals surface area contributed by atoms with Gasteiger partial charge in [-0.3, -0.25) is 9.59 Å². The van der Waals surface area contributed by atoms with Gasteiger partial charge in [-0.25, -0.2) is 14.1 Å². The molecule has 8 heteroatoms. The number of nitrogens with zero attached hydrogens (tertiary/aromatic N) is 3. The number of imide groups is 1. The number of benzene rings is 1. The molecular weight excluding hydrogens is 413 g/mol. The smallest absolute Gasteiger partial charge is 0.332 e. The van der Waals surface area contributed by atoms with Gasteiger partial charge in [0.15, 0.2) is 6.10 Å². The molecule has 4 fully saturated rings. The number of carbonyl (C=O) groups excluding carboxylic acids is 3. The minimum absolute atomic E-state index is 0.0613. The van der Waals surface area contributed by atoms with E-state index >= 15 is 0 Å². The van der Waals surface area contributed by atoms with Gasteiger partial charge in [0, 0.05) is 19.0 Å². The van der Waals surface area contributed by atoms with Crippen LogP contribution in [0.3, 0.4) is 0 Å². The van der Waals surface area contributed by atoms with Gasteiger partial charge in [0.25, 0.3) is 5.91 Å². The Morgan fingerprint density at radius 1 is 1.06 bits per heavy atom. The van der Waals surface area contributed by atoms with E-state index in [0.717, 1.165) is 43.4 Å². The summed E-state index contributed by atoms with van der Waals surface area (Å²) in [5.74, 6) is -0.296. The maximum Gasteiger partial charge on any atom is 0.332 e. The third kappa shape index (κ3) is 3.68. The van der Waals surface area contributed by atoms with E-state index in [-0.39, 0.29) is 24.5 Å². The van der Waals surface area contributed by atoms with Crippen LogP contribution in [0.2, 0.25) is 0 Å². The summed E-state index contributed by atoms with van der Waals surface area (Å²) >= 11 is 0. The van der Waals surface area contributed by atoms with E-state index in [1.54, 1.807) is 4.90 Å². The Morgan fingerprint density at radius 3 is 2.47 bits per heavy atom. The summed E-state index contributed by atoms with van der Waals surface area (Å²) in [6.45, 7) is 3.51. The van der Waals surface area contributed by atoms with Crippen LogP contribution in [-0.4, -0.2) is 65.5 Å². The predicted molar refractivity (Wildman–Crippen MR) is 115 cm³/mol. The lowest BCUT2D eigenvalue weighted by atomic mass is 9.81. The normalized spacial score (nSPS) is 31.0. The van der Waals surface area contributed by atoms with Crippen LogP contribution in [0, 0.1) is 17.7 Å². The van der Waals surface area contributed by atoms with Crippen LogP contribution in [-0.2, 0) is 14.3 Å². The van der Waals surface area contributed by atoms with Crippen LogP contribution < -0.4 is 4.90 Å². The van der Waals surface area contributed by atoms with Crippen molar-refractivity contribution in [3.8, 4) is 0 Å². The molecule has 1 aromatic rings. The molecule has 0 N–H and O–H groups in total. The summed E-state index contributed by atoms with van der Waals surface area (Å²) in [7, 11) is 0. The van der Waals surface area contributed by atoms with Crippen LogP contribution in [0.4, 0.5) is 14.9 Å². The molecule has 1 aromatic carbocycles. The Morgan fingerprint density at radius 2 is 1.75 bits per heavy atom. The summed E-state index contributed by atoms with van der Waals surface area (Å²) in [5.41, 5.74) is 0.294. The molecule has 0 spiro atoms. The van der Waals surface area contributed by atoms with Crippen molar-refractivity contribution >= 4 is 23.5 Å². The van der Waals surface area contributed by atoms with Gasteiger partial charge < -0.3 is 14.5 Å². The number of piperidine rings is 1. The summed E-state index contributed by atoms with van der Waals surface area (Å²) in [5, 5.41) is 0. The zero-order valence-corrected chi connectivity index (χ0v) is 18.4. The van der Waals surface area contributed by atoms with Gasteiger partial charge in [-0.2, -0.15) is 0 Å². The molecule has 3 aliphatic heterocycles. The molecule has 4 unspecified atom stereocenters. The van der Waals surface area contributed by atoms with Gasteiger partial charge in [0.2, 0.25) is 5.91 Å². The second-order valence-corrected chi connectivity index (χ2v) is 9.66. The topological polar surface area (TPSA) is 70.2 Å². The first-order chi connectivity index (χ1) is 15.4. The molecule has 0 bridgehead atoms.